The van der Waals surface area contributed by atoms with E-state index in [0.717, 1.165) is 0 Å². The zero-order valence-corrected chi connectivity index (χ0v) is 13.8. The summed E-state index contributed by atoms with van der Waals surface area (Å²) in [4.78, 5) is 0.00731. The van der Waals surface area contributed by atoms with Gasteiger partial charge >= 0.3 is 0 Å². The normalized spacial score (nSPS) is 21.9. The Bertz CT molecular complexity index is 716. The van der Waals surface area contributed by atoms with Gasteiger partial charge in [-0.05, 0) is 47.0 Å². The largest absolute Gasteiger partial charge is 0.399 e. The Kier molecular flexibility index (Phi) is 4.43. The molecular formula is C11H15BrN2O4S2. The predicted molar refractivity (Wildman–Crippen MR) is 80.6 cm³/mol. The van der Waals surface area contributed by atoms with Crippen LogP contribution in [0.4, 0.5) is 5.69 Å². The van der Waals surface area contributed by atoms with E-state index in [1.807, 2.05) is 0 Å². The Morgan fingerprint density at radius 2 is 2.10 bits per heavy atom. The zero-order chi connectivity index (χ0) is 15.0. The lowest BCUT2D eigenvalue weighted by Crippen LogP contribution is -2.34. The average molecular weight is 383 g/mol. The Hall–Kier alpha value is -0.640. The fourth-order valence-corrected chi connectivity index (χ4v) is 6.04. The number of nitrogens with two attached hydrogens (primary N) is 1. The topological polar surface area (TPSA) is 106 Å². The molecule has 3 N–H and O–H groups in total. The van der Waals surface area contributed by atoms with Gasteiger partial charge in [0.05, 0.1) is 15.9 Å². The highest BCUT2D eigenvalue weighted by atomic mass is 79.9. The molecule has 0 saturated carbocycles. The van der Waals surface area contributed by atoms with Gasteiger partial charge in [-0.2, -0.15) is 0 Å². The number of nitrogen functional groups attached to an aromatic ring is 1. The molecule has 1 aliphatic rings. The lowest BCUT2D eigenvalue weighted by molar-refractivity contribution is 0.570. The smallest absolute Gasteiger partial charge is 0.241 e. The van der Waals surface area contributed by atoms with Crippen LogP contribution in [-0.4, -0.2) is 34.4 Å². The standard InChI is InChI=1S/C11H15BrN2O4S2/c12-10-4-3-8(13)6-11(10)20(17,18)14-7-9-2-1-5-19(9,15)16/h3-4,6,9,14H,1-2,5,7,13H2. The molecule has 0 spiro atoms. The summed E-state index contributed by atoms with van der Waals surface area (Å²) < 4.78 is 50.4. The van der Waals surface area contributed by atoms with Crippen molar-refractivity contribution in [1.29, 1.82) is 0 Å². The van der Waals surface area contributed by atoms with Gasteiger partial charge in [0.2, 0.25) is 10.0 Å². The SMILES string of the molecule is Nc1ccc(Br)c(S(=O)(=O)NCC2CCCS2(=O)=O)c1. The van der Waals surface area contributed by atoms with Crippen molar-refractivity contribution < 1.29 is 16.8 Å². The second-order valence-corrected chi connectivity index (χ2v) is 9.66. The van der Waals surface area contributed by atoms with Crippen molar-refractivity contribution in [3.05, 3.63) is 22.7 Å². The number of sulfonamides is 1. The quantitative estimate of drug-likeness (QED) is 0.751. The summed E-state index contributed by atoms with van der Waals surface area (Å²) >= 11 is 3.15. The minimum absolute atomic E-state index is 0.00731. The molecule has 1 atom stereocenters. The maximum atomic E-state index is 12.2. The molecule has 9 heteroatoms. The number of benzene rings is 1. The minimum Gasteiger partial charge on any atom is -0.399 e. The summed E-state index contributed by atoms with van der Waals surface area (Å²) in [6, 6.07) is 4.44. The van der Waals surface area contributed by atoms with Crippen molar-refractivity contribution in [1.82, 2.24) is 4.72 Å². The Balaban J connectivity index is 2.18. The number of halogens is 1. The van der Waals surface area contributed by atoms with Crippen LogP contribution in [0.25, 0.3) is 0 Å². The Morgan fingerprint density at radius 3 is 2.70 bits per heavy atom. The van der Waals surface area contributed by atoms with E-state index in [2.05, 4.69) is 20.7 Å². The molecule has 1 fully saturated rings. The summed E-state index contributed by atoms with van der Waals surface area (Å²) in [6.45, 7) is -0.105. The molecule has 1 aromatic carbocycles. The van der Waals surface area contributed by atoms with Gasteiger partial charge in [-0.25, -0.2) is 21.6 Å². The third kappa shape index (κ3) is 3.33. The molecule has 0 aliphatic carbocycles. The number of nitrogens with one attached hydrogen (secondary N) is 1. The monoisotopic (exact) mass is 382 g/mol. The van der Waals surface area contributed by atoms with Gasteiger partial charge in [-0.1, -0.05) is 0 Å². The van der Waals surface area contributed by atoms with Crippen molar-refractivity contribution in [2.24, 2.45) is 0 Å². The second kappa shape index (κ2) is 5.63. The van der Waals surface area contributed by atoms with Crippen LogP contribution in [0.2, 0.25) is 0 Å². The maximum absolute atomic E-state index is 12.2. The summed E-state index contributed by atoms with van der Waals surface area (Å²) in [5, 5.41) is -0.642. The molecule has 0 aromatic heterocycles. The van der Waals surface area contributed by atoms with Crippen molar-refractivity contribution in [3.63, 3.8) is 0 Å². The first-order chi connectivity index (χ1) is 9.22. The molecule has 0 amide bonds. The first kappa shape index (κ1) is 15.7. The van der Waals surface area contributed by atoms with E-state index in [1.165, 1.54) is 12.1 Å². The number of sulfone groups is 1. The van der Waals surface area contributed by atoms with Crippen LogP contribution >= 0.6 is 15.9 Å². The van der Waals surface area contributed by atoms with Crippen molar-refractivity contribution in [3.8, 4) is 0 Å². The first-order valence-electron chi connectivity index (χ1n) is 5.99. The van der Waals surface area contributed by atoms with Crippen LogP contribution in [0, 0.1) is 0 Å². The third-order valence-corrected chi connectivity index (χ3v) is 7.90. The van der Waals surface area contributed by atoms with Gasteiger partial charge in [-0.3, -0.25) is 0 Å². The summed E-state index contributed by atoms with van der Waals surface area (Å²) in [5.41, 5.74) is 5.90. The van der Waals surface area contributed by atoms with Gasteiger partial charge in [0.25, 0.3) is 0 Å². The van der Waals surface area contributed by atoms with E-state index in [-0.39, 0.29) is 17.2 Å². The average Bonchev–Trinajstić information content (AvgIpc) is 2.69. The molecule has 0 bridgehead atoms. The van der Waals surface area contributed by atoms with Gasteiger partial charge in [0.15, 0.2) is 9.84 Å². The van der Waals surface area contributed by atoms with E-state index < -0.39 is 25.1 Å². The highest BCUT2D eigenvalue weighted by molar-refractivity contribution is 9.10. The molecule has 2 rings (SSSR count). The first-order valence-corrected chi connectivity index (χ1v) is 9.98. The molecule has 6 nitrogen and oxygen atoms in total. The fourth-order valence-electron chi connectivity index (χ4n) is 2.09. The van der Waals surface area contributed by atoms with Crippen LogP contribution in [0.5, 0.6) is 0 Å². The van der Waals surface area contributed by atoms with Crippen molar-refractivity contribution in [2.45, 2.75) is 23.0 Å². The molecular weight excluding hydrogens is 368 g/mol. The van der Waals surface area contributed by atoms with Crippen LogP contribution in [0.15, 0.2) is 27.6 Å². The number of rotatable bonds is 4. The highest BCUT2D eigenvalue weighted by Gasteiger charge is 2.32. The van der Waals surface area contributed by atoms with E-state index in [4.69, 9.17) is 5.73 Å². The summed E-state index contributed by atoms with van der Waals surface area (Å²) in [5.74, 6) is 0.126. The molecule has 1 aromatic rings. The van der Waals surface area contributed by atoms with Crippen LogP contribution in [0.3, 0.4) is 0 Å². The number of hydrogen-bond acceptors (Lipinski definition) is 5. The lowest BCUT2D eigenvalue weighted by Gasteiger charge is -2.12. The molecule has 20 heavy (non-hydrogen) atoms. The van der Waals surface area contributed by atoms with Gasteiger partial charge in [0.1, 0.15) is 0 Å². The molecule has 0 radical (unpaired) electrons. The lowest BCUT2D eigenvalue weighted by atomic mass is 10.2. The molecule has 1 saturated heterocycles. The van der Waals surface area contributed by atoms with E-state index >= 15 is 0 Å². The van der Waals surface area contributed by atoms with Gasteiger partial charge in [-0.15, -0.1) is 0 Å². The summed E-state index contributed by atoms with van der Waals surface area (Å²) in [6.07, 6.45) is 1.07. The maximum Gasteiger partial charge on any atom is 0.241 e. The fraction of sp³-hybridized carbons (Fsp3) is 0.455. The molecule has 1 aliphatic heterocycles. The predicted octanol–water partition coefficient (Wildman–Crippen LogP) is 0.887. The summed E-state index contributed by atoms with van der Waals surface area (Å²) in [7, 11) is -6.97. The van der Waals surface area contributed by atoms with Gasteiger partial charge in [0, 0.05) is 16.7 Å². The third-order valence-electron chi connectivity index (χ3n) is 3.21. The van der Waals surface area contributed by atoms with Crippen molar-refractivity contribution in [2.75, 3.05) is 18.0 Å². The molecule has 1 heterocycles. The van der Waals surface area contributed by atoms with E-state index in [9.17, 15) is 16.8 Å². The van der Waals surface area contributed by atoms with Crippen LogP contribution in [-0.2, 0) is 19.9 Å². The Labute approximate surface area is 126 Å². The molecule has 112 valence electrons. The van der Waals surface area contributed by atoms with Crippen LogP contribution in [0.1, 0.15) is 12.8 Å². The number of anilines is 1. The van der Waals surface area contributed by atoms with Gasteiger partial charge < -0.3 is 5.73 Å². The van der Waals surface area contributed by atoms with E-state index in [1.54, 1.807) is 6.07 Å². The zero-order valence-electron chi connectivity index (χ0n) is 10.5. The molecule has 1 unspecified atom stereocenters. The second-order valence-electron chi connectivity index (χ2n) is 4.67. The highest BCUT2D eigenvalue weighted by Crippen LogP contribution is 2.25. The van der Waals surface area contributed by atoms with E-state index in [0.29, 0.717) is 23.0 Å². The van der Waals surface area contributed by atoms with Crippen molar-refractivity contribution >= 4 is 41.5 Å². The number of hydrogen-bond donors (Lipinski definition) is 2. The minimum atomic E-state index is -3.79. The van der Waals surface area contributed by atoms with Crippen LogP contribution < -0.4 is 10.5 Å². The Morgan fingerprint density at radius 1 is 1.40 bits per heavy atom.